The molecule has 0 unspecified atom stereocenters. The number of nitrogens with two attached hydrogens (primary N) is 2. The molecule has 0 spiro atoms. The number of hydrogen-bond acceptors (Lipinski definition) is 7. The van der Waals surface area contributed by atoms with Crippen molar-refractivity contribution < 1.29 is 31.9 Å². The van der Waals surface area contributed by atoms with Crippen molar-refractivity contribution in [3.63, 3.8) is 0 Å². The summed E-state index contributed by atoms with van der Waals surface area (Å²) >= 11 is 12.2. The maximum absolute atomic E-state index is 13.7. The minimum atomic E-state index is -4.67. The molecule has 0 radical (unpaired) electrons. The number of ether oxygens (including phenoxy) is 1. The number of primary amides is 1. The summed E-state index contributed by atoms with van der Waals surface area (Å²) in [6, 6.07) is 8.64. The predicted molar refractivity (Wildman–Crippen MR) is 148 cm³/mol. The Morgan fingerprint density at radius 1 is 1.10 bits per heavy atom. The lowest BCUT2D eigenvalue weighted by molar-refractivity contribution is -0.140. The summed E-state index contributed by atoms with van der Waals surface area (Å²) < 4.78 is 51.1. The number of amides is 3. The number of methoxy groups -OCH3 is 1. The fourth-order valence-electron chi connectivity index (χ4n) is 4.86. The van der Waals surface area contributed by atoms with E-state index in [1.807, 2.05) is 0 Å². The highest BCUT2D eigenvalue weighted by molar-refractivity contribution is 6.42. The Morgan fingerprint density at radius 3 is 2.50 bits per heavy atom. The van der Waals surface area contributed by atoms with Crippen LogP contribution in [0.5, 0.6) is 5.75 Å². The molecular formula is C27H23Cl2F3N6O4. The van der Waals surface area contributed by atoms with Crippen molar-refractivity contribution in [2.75, 3.05) is 26.7 Å². The number of fused-ring (bicyclic) bond motifs is 1. The van der Waals surface area contributed by atoms with Gasteiger partial charge in [0.05, 0.1) is 29.7 Å². The molecule has 42 heavy (non-hydrogen) atoms. The third-order valence-electron chi connectivity index (χ3n) is 6.93. The fourth-order valence-corrected chi connectivity index (χ4v) is 5.17. The molecule has 1 aliphatic heterocycles. The van der Waals surface area contributed by atoms with Gasteiger partial charge in [-0.25, -0.2) is 14.8 Å². The number of halogens is 5. The van der Waals surface area contributed by atoms with Gasteiger partial charge in [0.25, 0.3) is 5.91 Å². The third-order valence-corrected chi connectivity index (χ3v) is 7.66. The molecule has 0 aliphatic carbocycles. The minimum Gasteiger partial charge on any atom is -0.494 e. The maximum Gasteiger partial charge on any atom is 0.433 e. The van der Waals surface area contributed by atoms with Gasteiger partial charge in [-0.2, -0.15) is 13.2 Å². The highest BCUT2D eigenvalue weighted by Crippen LogP contribution is 2.37. The first-order chi connectivity index (χ1) is 19.9. The van der Waals surface area contributed by atoms with E-state index in [1.165, 1.54) is 29.0 Å². The van der Waals surface area contributed by atoms with Crippen molar-refractivity contribution in [1.82, 2.24) is 19.8 Å². The van der Waals surface area contributed by atoms with E-state index in [9.17, 15) is 22.8 Å². The topological polar surface area (TPSA) is 141 Å². The number of rotatable bonds is 5. The Balaban J connectivity index is 1.51. The molecular weight excluding hydrogens is 600 g/mol. The first-order valence-corrected chi connectivity index (χ1v) is 13.2. The Morgan fingerprint density at radius 2 is 1.86 bits per heavy atom. The van der Waals surface area contributed by atoms with Crippen LogP contribution in [0.15, 0.2) is 46.9 Å². The van der Waals surface area contributed by atoms with Gasteiger partial charge in [0.2, 0.25) is 5.89 Å². The van der Waals surface area contributed by atoms with E-state index in [0.29, 0.717) is 10.6 Å². The van der Waals surface area contributed by atoms with Gasteiger partial charge in [0.1, 0.15) is 17.0 Å². The van der Waals surface area contributed by atoms with Crippen molar-refractivity contribution in [3.8, 4) is 17.2 Å². The summed E-state index contributed by atoms with van der Waals surface area (Å²) in [4.78, 5) is 37.0. The molecule has 2 aromatic heterocycles. The summed E-state index contributed by atoms with van der Waals surface area (Å²) in [5.41, 5.74) is 11.2. The highest BCUT2D eigenvalue weighted by Gasteiger charge is 2.36. The van der Waals surface area contributed by atoms with E-state index in [0.717, 1.165) is 6.07 Å². The van der Waals surface area contributed by atoms with Gasteiger partial charge in [0.15, 0.2) is 11.5 Å². The number of carbonyl (C=O) groups is 2. The van der Waals surface area contributed by atoms with Crippen LogP contribution in [-0.4, -0.2) is 58.5 Å². The van der Waals surface area contributed by atoms with Gasteiger partial charge in [0, 0.05) is 30.6 Å². The van der Waals surface area contributed by atoms with Crippen LogP contribution in [-0.2, 0) is 12.7 Å². The molecule has 0 saturated carbocycles. The Kier molecular flexibility index (Phi) is 7.92. The number of pyridine rings is 1. The quantitative estimate of drug-likeness (QED) is 0.309. The third kappa shape index (κ3) is 5.42. The van der Waals surface area contributed by atoms with Crippen molar-refractivity contribution in [2.24, 2.45) is 11.5 Å². The molecule has 4 N–H and O–H groups in total. The standard InChI is InChI=1S/C27H23Cl2F3N6O4/c1-41-19-6-3-15(14-4-7-21(27(30,31)32)35-22(14)19)24-36-23(20(11-33)42-24)25(39)37-8-9-38(26(34)40)18(12-37)13-2-5-16(28)17(29)10-13/h2-7,10,18H,8-9,11-12,33H2,1H3,(H2,34,40)/t18-/m0/s1. The van der Waals surface area contributed by atoms with Crippen LogP contribution < -0.4 is 16.2 Å². The SMILES string of the molecule is COc1ccc(-c2nc(C(=O)N3CCN(C(N)=O)[C@H](c4ccc(Cl)c(Cl)c4)C3)c(CN)o2)c2ccc(C(F)(F)F)nc12. The van der Waals surface area contributed by atoms with Crippen LogP contribution in [0.2, 0.25) is 10.0 Å². The Hall–Kier alpha value is -4.07. The van der Waals surface area contributed by atoms with Crippen molar-refractivity contribution >= 4 is 46.0 Å². The Labute approximate surface area is 246 Å². The second-order valence-electron chi connectivity index (χ2n) is 9.37. The number of urea groups is 1. The lowest BCUT2D eigenvalue weighted by Gasteiger charge is -2.40. The van der Waals surface area contributed by atoms with Crippen molar-refractivity contribution in [3.05, 3.63) is 75.2 Å². The maximum atomic E-state index is 13.7. The van der Waals surface area contributed by atoms with E-state index in [-0.39, 0.29) is 70.8 Å². The van der Waals surface area contributed by atoms with Crippen LogP contribution in [0.1, 0.15) is 33.5 Å². The fraction of sp³-hybridized carbons (Fsp3) is 0.259. The van der Waals surface area contributed by atoms with E-state index >= 15 is 0 Å². The number of hydrogen-bond donors (Lipinski definition) is 2. The minimum absolute atomic E-state index is 0.0372. The van der Waals surface area contributed by atoms with Crippen molar-refractivity contribution in [1.29, 1.82) is 0 Å². The van der Waals surface area contributed by atoms with E-state index in [1.54, 1.807) is 24.3 Å². The molecule has 3 amide bonds. The summed E-state index contributed by atoms with van der Waals surface area (Å²) in [7, 11) is 1.31. The molecule has 1 saturated heterocycles. The van der Waals surface area contributed by atoms with Gasteiger partial charge in [-0.05, 0) is 42.0 Å². The monoisotopic (exact) mass is 622 g/mol. The predicted octanol–water partition coefficient (Wildman–Crippen LogP) is 5.26. The van der Waals surface area contributed by atoms with Crippen LogP contribution in [0.3, 0.4) is 0 Å². The lowest BCUT2D eigenvalue weighted by atomic mass is 10.0. The smallest absolute Gasteiger partial charge is 0.433 e. The lowest BCUT2D eigenvalue weighted by Crippen LogP contribution is -2.53. The van der Waals surface area contributed by atoms with Gasteiger partial charge >= 0.3 is 12.2 Å². The van der Waals surface area contributed by atoms with E-state index < -0.39 is 29.9 Å². The number of aromatic nitrogens is 2. The molecule has 1 aliphatic rings. The van der Waals surface area contributed by atoms with Crippen LogP contribution >= 0.6 is 23.2 Å². The number of benzene rings is 2. The van der Waals surface area contributed by atoms with E-state index in [2.05, 4.69) is 9.97 Å². The summed E-state index contributed by atoms with van der Waals surface area (Å²) in [5, 5.41) is 0.867. The van der Waals surface area contributed by atoms with E-state index in [4.69, 9.17) is 43.8 Å². The molecule has 15 heteroatoms. The molecule has 4 aromatic rings. The number of piperazine rings is 1. The molecule has 220 valence electrons. The van der Waals surface area contributed by atoms with Crippen LogP contribution in [0.4, 0.5) is 18.0 Å². The zero-order chi connectivity index (χ0) is 30.3. The average molecular weight is 623 g/mol. The summed E-state index contributed by atoms with van der Waals surface area (Å²) in [6.07, 6.45) is -4.67. The molecule has 3 heterocycles. The molecule has 0 bridgehead atoms. The summed E-state index contributed by atoms with van der Waals surface area (Å²) in [6.45, 7) is 0.143. The number of alkyl halides is 3. The average Bonchev–Trinajstić information content (AvgIpc) is 3.40. The summed E-state index contributed by atoms with van der Waals surface area (Å²) in [5.74, 6) is -0.371. The second kappa shape index (κ2) is 11.3. The highest BCUT2D eigenvalue weighted by atomic mass is 35.5. The first kappa shape index (κ1) is 29.4. The van der Waals surface area contributed by atoms with Crippen LogP contribution in [0.25, 0.3) is 22.4 Å². The number of carbonyl (C=O) groups excluding carboxylic acids is 2. The van der Waals surface area contributed by atoms with Crippen LogP contribution in [0, 0.1) is 0 Å². The molecule has 10 nitrogen and oxygen atoms in total. The first-order valence-electron chi connectivity index (χ1n) is 12.5. The van der Waals surface area contributed by atoms with Gasteiger partial charge in [-0.15, -0.1) is 0 Å². The van der Waals surface area contributed by atoms with Gasteiger partial charge in [-0.1, -0.05) is 29.3 Å². The molecule has 1 fully saturated rings. The zero-order valence-corrected chi connectivity index (χ0v) is 23.4. The molecule has 1 atom stereocenters. The largest absolute Gasteiger partial charge is 0.494 e. The van der Waals surface area contributed by atoms with Gasteiger partial charge < -0.3 is 30.4 Å². The second-order valence-corrected chi connectivity index (χ2v) is 10.2. The molecule has 5 rings (SSSR count). The number of oxazole rings is 1. The zero-order valence-electron chi connectivity index (χ0n) is 21.9. The Bertz CT molecular complexity index is 1700. The van der Waals surface area contributed by atoms with Crippen molar-refractivity contribution in [2.45, 2.75) is 18.8 Å². The normalized spacial score (nSPS) is 15.7. The van der Waals surface area contributed by atoms with Gasteiger partial charge in [-0.3, -0.25) is 4.79 Å². The molecule has 2 aromatic carbocycles. The number of nitrogens with zero attached hydrogens (tertiary/aromatic N) is 4.